The first-order valence-electron chi connectivity index (χ1n) is 6.70. The maximum Gasteiger partial charge on any atom is 0.251 e. The molecule has 0 unspecified atom stereocenters. The van der Waals surface area contributed by atoms with Crippen LogP contribution in [-0.2, 0) is 0 Å². The summed E-state index contributed by atoms with van der Waals surface area (Å²) in [5.41, 5.74) is 0.0147. The molecule has 1 N–H and O–H groups in total. The van der Waals surface area contributed by atoms with Crippen molar-refractivity contribution in [3.05, 3.63) is 35.4 Å². The second-order valence-corrected chi connectivity index (χ2v) is 5.06. The number of halogens is 2. The Hall–Kier alpha value is -1.53. The van der Waals surface area contributed by atoms with Gasteiger partial charge in [-0.3, -0.25) is 9.69 Å². The molecule has 0 aromatic heterocycles. The van der Waals surface area contributed by atoms with E-state index in [4.69, 9.17) is 0 Å². The second kappa shape index (κ2) is 6.76. The number of likely N-dealkylation sites (N-methyl/N-ethyl adjacent to an activating group) is 1. The molecular formula is C14H19F2N3O. The van der Waals surface area contributed by atoms with Crippen LogP contribution >= 0.6 is 0 Å². The SMILES string of the molecule is CN1CCN(CCNC(=O)c2cc(F)cc(F)c2)CC1. The van der Waals surface area contributed by atoms with Gasteiger partial charge in [0.05, 0.1) is 0 Å². The van der Waals surface area contributed by atoms with Gasteiger partial charge >= 0.3 is 0 Å². The molecule has 1 aliphatic heterocycles. The summed E-state index contributed by atoms with van der Waals surface area (Å²) in [6.45, 7) is 5.20. The van der Waals surface area contributed by atoms with Gasteiger partial charge in [0.25, 0.3) is 5.91 Å². The van der Waals surface area contributed by atoms with Crippen LogP contribution in [0.15, 0.2) is 18.2 Å². The van der Waals surface area contributed by atoms with E-state index in [2.05, 4.69) is 22.2 Å². The van der Waals surface area contributed by atoms with Gasteiger partial charge in [0, 0.05) is 50.9 Å². The molecule has 1 aromatic rings. The Kier molecular flexibility index (Phi) is 5.03. The van der Waals surface area contributed by atoms with Crippen LogP contribution in [0.25, 0.3) is 0 Å². The van der Waals surface area contributed by atoms with Crippen LogP contribution in [0.2, 0.25) is 0 Å². The summed E-state index contributed by atoms with van der Waals surface area (Å²) in [7, 11) is 2.08. The molecule has 20 heavy (non-hydrogen) atoms. The van der Waals surface area contributed by atoms with Gasteiger partial charge in [-0.15, -0.1) is 0 Å². The van der Waals surface area contributed by atoms with E-state index < -0.39 is 17.5 Å². The highest BCUT2D eigenvalue weighted by Crippen LogP contribution is 2.07. The first-order valence-corrected chi connectivity index (χ1v) is 6.70. The number of piperazine rings is 1. The average molecular weight is 283 g/mol. The minimum absolute atomic E-state index is 0.0147. The zero-order valence-electron chi connectivity index (χ0n) is 11.5. The molecule has 1 saturated heterocycles. The van der Waals surface area contributed by atoms with E-state index in [1.807, 2.05) is 0 Å². The lowest BCUT2D eigenvalue weighted by Gasteiger charge is -2.32. The Morgan fingerprint density at radius 2 is 1.75 bits per heavy atom. The van der Waals surface area contributed by atoms with Crippen molar-refractivity contribution in [3.8, 4) is 0 Å². The van der Waals surface area contributed by atoms with Crippen molar-refractivity contribution in [2.24, 2.45) is 0 Å². The molecule has 4 nitrogen and oxygen atoms in total. The smallest absolute Gasteiger partial charge is 0.251 e. The lowest BCUT2D eigenvalue weighted by atomic mass is 10.2. The topological polar surface area (TPSA) is 35.6 Å². The predicted octanol–water partition coefficient (Wildman–Crippen LogP) is 0.942. The van der Waals surface area contributed by atoms with E-state index in [9.17, 15) is 13.6 Å². The van der Waals surface area contributed by atoms with Gasteiger partial charge < -0.3 is 10.2 Å². The first kappa shape index (κ1) is 14.9. The number of nitrogens with zero attached hydrogens (tertiary/aromatic N) is 2. The Morgan fingerprint density at radius 1 is 1.15 bits per heavy atom. The molecule has 0 bridgehead atoms. The average Bonchev–Trinajstić information content (AvgIpc) is 2.40. The third-order valence-electron chi connectivity index (χ3n) is 3.43. The highest BCUT2D eigenvalue weighted by molar-refractivity contribution is 5.94. The van der Waals surface area contributed by atoms with Crippen LogP contribution in [-0.4, -0.2) is 62.0 Å². The molecule has 1 fully saturated rings. The van der Waals surface area contributed by atoms with Gasteiger partial charge in [0.15, 0.2) is 0 Å². The predicted molar refractivity (Wildman–Crippen MR) is 72.6 cm³/mol. The van der Waals surface area contributed by atoms with Crippen molar-refractivity contribution in [2.45, 2.75) is 0 Å². The van der Waals surface area contributed by atoms with Crippen molar-refractivity contribution in [3.63, 3.8) is 0 Å². The van der Waals surface area contributed by atoms with Gasteiger partial charge in [0.2, 0.25) is 0 Å². The highest BCUT2D eigenvalue weighted by Gasteiger charge is 2.14. The van der Waals surface area contributed by atoms with Gasteiger partial charge in [-0.05, 0) is 19.2 Å². The van der Waals surface area contributed by atoms with Gasteiger partial charge in [0.1, 0.15) is 11.6 Å². The zero-order chi connectivity index (χ0) is 14.5. The molecule has 110 valence electrons. The number of nitrogens with one attached hydrogen (secondary N) is 1. The molecule has 0 spiro atoms. The number of hydrogen-bond donors (Lipinski definition) is 1. The molecule has 2 rings (SSSR count). The summed E-state index contributed by atoms with van der Waals surface area (Å²) < 4.78 is 26.0. The quantitative estimate of drug-likeness (QED) is 0.893. The van der Waals surface area contributed by atoms with E-state index in [1.54, 1.807) is 0 Å². The minimum atomic E-state index is -0.741. The van der Waals surface area contributed by atoms with Crippen LogP contribution in [0.4, 0.5) is 8.78 Å². The Balaban J connectivity index is 1.77. The lowest BCUT2D eigenvalue weighted by Crippen LogP contribution is -2.46. The summed E-state index contributed by atoms with van der Waals surface area (Å²) in [6.07, 6.45) is 0. The summed E-state index contributed by atoms with van der Waals surface area (Å²) >= 11 is 0. The van der Waals surface area contributed by atoms with E-state index >= 15 is 0 Å². The normalized spacial score (nSPS) is 17.1. The Morgan fingerprint density at radius 3 is 2.35 bits per heavy atom. The zero-order valence-corrected chi connectivity index (χ0v) is 11.5. The van der Waals surface area contributed by atoms with Crippen molar-refractivity contribution in [1.29, 1.82) is 0 Å². The first-order chi connectivity index (χ1) is 9.54. The van der Waals surface area contributed by atoms with Crippen molar-refractivity contribution in [1.82, 2.24) is 15.1 Å². The van der Waals surface area contributed by atoms with Crippen LogP contribution in [0.1, 0.15) is 10.4 Å². The molecule has 1 aliphatic rings. The van der Waals surface area contributed by atoms with Crippen LogP contribution in [0.5, 0.6) is 0 Å². The summed E-state index contributed by atoms with van der Waals surface area (Å²) in [5.74, 6) is -1.93. The minimum Gasteiger partial charge on any atom is -0.351 e. The van der Waals surface area contributed by atoms with E-state index in [0.717, 1.165) is 50.9 Å². The molecule has 1 heterocycles. The molecule has 0 atom stereocenters. The fraction of sp³-hybridized carbons (Fsp3) is 0.500. The van der Waals surface area contributed by atoms with Gasteiger partial charge in [-0.25, -0.2) is 8.78 Å². The third-order valence-corrected chi connectivity index (χ3v) is 3.43. The second-order valence-electron chi connectivity index (χ2n) is 5.06. The maximum absolute atomic E-state index is 13.0. The van der Waals surface area contributed by atoms with Crippen molar-refractivity contribution >= 4 is 5.91 Å². The summed E-state index contributed by atoms with van der Waals surface area (Å²) in [5, 5.41) is 2.68. The Labute approximate surface area is 117 Å². The molecule has 1 aromatic carbocycles. The van der Waals surface area contributed by atoms with Crippen molar-refractivity contribution in [2.75, 3.05) is 46.3 Å². The van der Waals surface area contributed by atoms with E-state index in [0.29, 0.717) is 6.54 Å². The third kappa shape index (κ3) is 4.25. The van der Waals surface area contributed by atoms with Crippen LogP contribution in [0.3, 0.4) is 0 Å². The molecule has 6 heteroatoms. The summed E-state index contributed by atoms with van der Waals surface area (Å²) in [4.78, 5) is 16.3. The van der Waals surface area contributed by atoms with E-state index in [1.165, 1.54) is 0 Å². The van der Waals surface area contributed by atoms with Gasteiger partial charge in [-0.2, -0.15) is 0 Å². The number of carbonyl (C=O) groups excluding carboxylic acids is 1. The van der Waals surface area contributed by atoms with E-state index in [-0.39, 0.29) is 5.56 Å². The maximum atomic E-state index is 13.0. The standard InChI is InChI=1S/C14H19F2N3O/c1-18-4-6-19(7-5-18)3-2-17-14(20)11-8-12(15)10-13(16)9-11/h8-10H,2-7H2,1H3,(H,17,20). The number of carbonyl (C=O) groups is 1. The van der Waals surface area contributed by atoms with Crippen LogP contribution < -0.4 is 5.32 Å². The van der Waals surface area contributed by atoms with Gasteiger partial charge in [-0.1, -0.05) is 0 Å². The van der Waals surface area contributed by atoms with Crippen molar-refractivity contribution < 1.29 is 13.6 Å². The Bertz CT molecular complexity index is 453. The highest BCUT2D eigenvalue weighted by atomic mass is 19.1. The molecular weight excluding hydrogens is 264 g/mol. The largest absolute Gasteiger partial charge is 0.351 e. The molecule has 1 amide bonds. The molecule has 0 aliphatic carbocycles. The van der Waals surface area contributed by atoms with Crippen LogP contribution in [0, 0.1) is 11.6 Å². The molecule has 0 saturated carbocycles. The molecule has 0 radical (unpaired) electrons. The number of amides is 1. The number of hydrogen-bond acceptors (Lipinski definition) is 3. The lowest BCUT2D eigenvalue weighted by molar-refractivity contribution is 0.0940. The number of benzene rings is 1. The monoisotopic (exact) mass is 283 g/mol. The fourth-order valence-electron chi connectivity index (χ4n) is 2.19. The number of rotatable bonds is 4. The fourth-order valence-corrected chi connectivity index (χ4v) is 2.19. The summed E-state index contributed by atoms with van der Waals surface area (Å²) in [6, 6.07) is 2.82.